The summed E-state index contributed by atoms with van der Waals surface area (Å²) in [5.74, 6) is -0.793. The fraction of sp³-hybridized carbons (Fsp3) is 0.684. The maximum Gasteiger partial charge on any atom is 0.421 e. The van der Waals surface area contributed by atoms with Crippen molar-refractivity contribution >= 4 is 5.69 Å². The second kappa shape index (κ2) is 6.93. The number of nitrogens with one attached hydrogen (secondary N) is 1. The minimum absolute atomic E-state index is 0.0272. The Morgan fingerprint density at radius 2 is 2.00 bits per heavy atom. The topological polar surface area (TPSA) is 44.7 Å². The molecule has 2 fully saturated rings. The molecule has 1 aromatic carbocycles. The van der Waals surface area contributed by atoms with Gasteiger partial charge in [-0.1, -0.05) is 12.8 Å². The predicted octanol–water partition coefficient (Wildman–Crippen LogP) is 3.60. The Balaban J connectivity index is 1.93. The third-order valence-corrected chi connectivity index (χ3v) is 5.34. The summed E-state index contributed by atoms with van der Waals surface area (Å²) in [6, 6.07) is 3.36. The van der Waals surface area contributed by atoms with Gasteiger partial charge in [-0.15, -0.1) is 0 Å². The van der Waals surface area contributed by atoms with Crippen molar-refractivity contribution in [2.75, 3.05) is 18.1 Å². The van der Waals surface area contributed by atoms with Crippen molar-refractivity contribution in [3.8, 4) is 5.75 Å². The zero-order chi connectivity index (χ0) is 19.1. The quantitative estimate of drug-likeness (QED) is 0.848. The molecule has 1 aliphatic carbocycles. The summed E-state index contributed by atoms with van der Waals surface area (Å²) in [4.78, 5) is 2.08. The monoisotopic (exact) mass is 372 g/mol. The van der Waals surface area contributed by atoms with Gasteiger partial charge in [-0.05, 0) is 45.7 Å². The lowest BCUT2D eigenvalue weighted by molar-refractivity contribution is -0.201. The molecule has 2 aliphatic rings. The van der Waals surface area contributed by atoms with Crippen LogP contribution in [0.5, 0.6) is 5.75 Å². The molecule has 7 heteroatoms. The molecule has 1 aromatic rings. The molecule has 1 saturated carbocycles. The number of halogens is 3. The number of aliphatic hydroxyl groups excluding tert-OH is 1. The van der Waals surface area contributed by atoms with E-state index in [-0.39, 0.29) is 22.9 Å². The average molecular weight is 372 g/mol. The van der Waals surface area contributed by atoms with Crippen LogP contribution in [-0.2, 0) is 0 Å². The van der Waals surface area contributed by atoms with Crippen molar-refractivity contribution in [1.29, 1.82) is 0 Å². The standard InChI is InChI=1S/C19H27F3N2O2/c1-12-16(26-19(21,22)11-25)9-8-15(17(12)20)24-10-18(2,3)23-13-6-4-5-7-14(13)24/h8-9,13-14,23,25H,4-7,10-11H2,1-3H3/t13-,14-/m0/s1. The van der Waals surface area contributed by atoms with Crippen LogP contribution in [0.15, 0.2) is 12.1 Å². The van der Waals surface area contributed by atoms with E-state index in [1.54, 1.807) is 0 Å². The number of rotatable bonds is 4. The molecule has 1 aliphatic heterocycles. The van der Waals surface area contributed by atoms with E-state index >= 15 is 4.39 Å². The molecule has 1 saturated heterocycles. The van der Waals surface area contributed by atoms with Crippen LogP contribution < -0.4 is 15.0 Å². The van der Waals surface area contributed by atoms with Gasteiger partial charge in [0.05, 0.1) is 5.69 Å². The molecule has 26 heavy (non-hydrogen) atoms. The zero-order valence-electron chi connectivity index (χ0n) is 15.5. The molecule has 146 valence electrons. The first-order chi connectivity index (χ1) is 12.1. The average Bonchev–Trinajstić information content (AvgIpc) is 2.57. The molecular formula is C19H27F3N2O2. The van der Waals surface area contributed by atoms with Crippen molar-refractivity contribution in [2.45, 2.75) is 70.2 Å². The van der Waals surface area contributed by atoms with E-state index < -0.39 is 18.5 Å². The maximum atomic E-state index is 15.1. The lowest BCUT2D eigenvalue weighted by Gasteiger charge is -2.52. The van der Waals surface area contributed by atoms with Crippen molar-refractivity contribution in [2.24, 2.45) is 0 Å². The zero-order valence-corrected chi connectivity index (χ0v) is 15.5. The Labute approximate surface area is 152 Å². The fourth-order valence-electron chi connectivity index (χ4n) is 4.19. The molecule has 4 nitrogen and oxygen atoms in total. The highest BCUT2D eigenvalue weighted by Crippen LogP contribution is 2.38. The molecule has 0 radical (unpaired) electrons. The van der Waals surface area contributed by atoms with Crippen LogP contribution in [0.25, 0.3) is 0 Å². The Bertz CT molecular complexity index is 666. The molecule has 0 unspecified atom stereocenters. The van der Waals surface area contributed by atoms with Gasteiger partial charge >= 0.3 is 6.11 Å². The van der Waals surface area contributed by atoms with Gasteiger partial charge in [0.2, 0.25) is 0 Å². The van der Waals surface area contributed by atoms with Crippen LogP contribution in [0.2, 0.25) is 0 Å². The lowest BCUT2D eigenvalue weighted by Crippen LogP contribution is -2.67. The smallest absolute Gasteiger partial charge is 0.421 e. The van der Waals surface area contributed by atoms with Crippen molar-refractivity contribution < 1.29 is 23.0 Å². The number of anilines is 1. The van der Waals surface area contributed by atoms with Gasteiger partial charge in [-0.3, -0.25) is 0 Å². The highest BCUT2D eigenvalue weighted by Gasteiger charge is 2.41. The van der Waals surface area contributed by atoms with E-state index in [0.717, 1.165) is 25.7 Å². The number of hydrogen-bond acceptors (Lipinski definition) is 4. The van der Waals surface area contributed by atoms with Crippen LogP contribution in [0.4, 0.5) is 18.9 Å². The van der Waals surface area contributed by atoms with Crippen LogP contribution in [-0.4, -0.2) is 42.0 Å². The number of ether oxygens (including phenoxy) is 1. The van der Waals surface area contributed by atoms with Crippen LogP contribution >= 0.6 is 0 Å². The predicted molar refractivity (Wildman–Crippen MR) is 94.4 cm³/mol. The van der Waals surface area contributed by atoms with Gasteiger partial charge in [-0.2, -0.15) is 8.78 Å². The summed E-state index contributed by atoms with van der Waals surface area (Å²) in [5.41, 5.74) is 0.283. The van der Waals surface area contributed by atoms with Crippen molar-refractivity contribution in [3.63, 3.8) is 0 Å². The largest absolute Gasteiger partial charge is 0.430 e. The van der Waals surface area contributed by atoms with E-state index in [1.807, 2.05) is 0 Å². The van der Waals surface area contributed by atoms with Gasteiger partial charge in [0.1, 0.15) is 12.4 Å². The van der Waals surface area contributed by atoms with Gasteiger partial charge in [0.15, 0.2) is 5.82 Å². The SMILES string of the molecule is Cc1c(OC(F)(F)CO)ccc(N2CC(C)(C)N[C@H]3CCCC[C@@H]32)c1F. The van der Waals surface area contributed by atoms with E-state index in [1.165, 1.54) is 19.1 Å². The highest BCUT2D eigenvalue weighted by molar-refractivity contribution is 5.56. The second-order valence-electron chi connectivity index (χ2n) is 8.03. The third-order valence-electron chi connectivity index (χ3n) is 5.34. The molecule has 2 atom stereocenters. The fourth-order valence-corrected chi connectivity index (χ4v) is 4.19. The molecular weight excluding hydrogens is 345 g/mol. The maximum absolute atomic E-state index is 15.1. The molecule has 0 spiro atoms. The summed E-state index contributed by atoms with van der Waals surface area (Å²) < 4.78 is 46.2. The Morgan fingerprint density at radius 1 is 1.31 bits per heavy atom. The van der Waals surface area contributed by atoms with Gasteiger partial charge in [0, 0.05) is 29.7 Å². The van der Waals surface area contributed by atoms with Crippen molar-refractivity contribution in [3.05, 3.63) is 23.5 Å². The normalized spacial score (nSPS) is 25.7. The van der Waals surface area contributed by atoms with Crippen molar-refractivity contribution in [1.82, 2.24) is 5.32 Å². The first kappa shape index (κ1) is 19.3. The van der Waals surface area contributed by atoms with Gasteiger partial charge < -0.3 is 20.1 Å². The van der Waals surface area contributed by atoms with E-state index in [9.17, 15) is 8.78 Å². The van der Waals surface area contributed by atoms with E-state index in [4.69, 9.17) is 5.11 Å². The van der Waals surface area contributed by atoms with Crippen LogP contribution in [0, 0.1) is 12.7 Å². The second-order valence-corrected chi connectivity index (χ2v) is 8.03. The molecule has 0 aromatic heterocycles. The van der Waals surface area contributed by atoms with E-state index in [0.29, 0.717) is 18.3 Å². The Hall–Kier alpha value is -1.47. The minimum Gasteiger partial charge on any atom is -0.430 e. The Morgan fingerprint density at radius 3 is 2.69 bits per heavy atom. The number of alkyl halides is 2. The van der Waals surface area contributed by atoms with E-state index in [2.05, 4.69) is 28.8 Å². The molecule has 1 heterocycles. The summed E-state index contributed by atoms with van der Waals surface area (Å²) in [7, 11) is 0. The molecule has 0 bridgehead atoms. The van der Waals surface area contributed by atoms with Gasteiger partial charge in [0.25, 0.3) is 0 Å². The first-order valence-corrected chi connectivity index (χ1v) is 9.15. The summed E-state index contributed by atoms with van der Waals surface area (Å²) >= 11 is 0. The molecule has 3 rings (SSSR count). The highest BCUT2D eigenvalue weighted by atomic mass is 19.3. The number of aliphatic hydroxyl groups is 1. The number of hydrogen-bond donors (Lipinski definition) is 2. The lowest BCUT2D eigenvalue weighted by atomic mass is 9.83. The number of benzene rings is 1. The summed E-state index contributed by atoms with van der Waals surface area (Å²) in [6.45, 7) is 4.79. The van der Waals surface area contributed by atoms with Gasteiger partial charge in [-0.25, -0.2) is 4.39 Å². The van der Waals surface area contributed by atoms with Crippen LogP contribution in [0.3, 0.4) is 0 Å². The number of fused-ring (bicyclic) bond motifs is 1. The molecule has 0 amide bonds. The number of nitrogens with zero attached hydrogens (tertiary/aromatic N) is 1. The third kappa shape index (κ3) is 3.78. The summed E-state index contributed by atoms with van der Waals surface area (Å²) in [5, 5.41) is 12.3. The molecule has 2 N–H and O–H groups in total. The first-order valence-electron chi connectivity index (χ1n) is 9.15. The Kier molecular flexibility index (Phi) is 5.14. The summed E-state index contributed by atoms with van der Waals surface area (Å²) in [6.07, 6.45) is 0.555. The number of piperazine rings is 1. The van der Waals surface area contributed by atoms with Crippen LogP contribution in [0.1, 0.15) is 45.1 Å². The minimum atomic E-state index is -3.73.